The zero-order chi connectivity index (χ0) is 17.2. The van der Waals surface area contributed by atoms with Crippen molar-refractivity contribution < 1.29 is 4.79 Å². The Morgan fingerprint density at radius 3 is 3.00 bits per heavy atom. The Bertz CT molecular complexity index is 736. The summed E-state index contributed by atoms with van der Waals surface area (Å²) in [6, 6.07) is 4.79. The van der Waals surface area contributed by atoms with Crippen molar-refractivity contribution in [2.24, 2.45) is 0 Å². The number of amides is 1. The molecule has 1 saturated heterocycles. The maximum Gasteiger partial charge on any atom is 0.225 e. The molecule has 1 unspecified atom stereocenters. The lowest BCUT2D eigenvalue weighted by Crippen LogP contribution is -2.45. The number of hydrogen-bond acceptors (Lipinski definition) is 6. The number of piperazine rings is 1. The van der Waals surface area contributed by atoms with Gasteiger partial charge in [-0.25, -0.2) is 4.98 Å². The van der Waals surface area contributed by atoms with Crippen molar-refractivity contribution in [3.63, 3.8) is 0 Å². The number of hydrogen-bond donors (Lipinski definition) is 1. The largest absolute Gasteiger partial charge is 0.314 e. The van der Waals surface area contributed by atoms with Gasteiger partial charge in [0.1, 0.15) is 0 Å². The number of pyridine rings is 1. The summed E-state index contributed by atoms with van der Waals surface area (Å²) in [7, 11) is 0. The van der Waals surface area contributed by atoms with Gasteiger partial charge < -0.3 is 5.32 Å². The number of anilines is 1. The van der Waals surface area contributed by atoms with Gasteiger partial charge in [0.15, 0.2) is 5.13 Å². The van der Waals surface area contributed by atoms with E-state index in [4.69, 9.17) is 4.98 Å². The molecule has 2 aromatic heterocycles. The molecule has 1 aliphatic heterocycles. The molecule has 140 valence electrons. The Morgan fingerprint density at radius 2 is 2.31 bits per heavy atom. The standard InChI is InChI=1S/C18H23N5OS.ClH/c1-13(24)23(16-4-5-16)18-21-15(12-25-18)11-22-8-7-20-10-17(22)14-3-2-6-19-9-14;/h2-3,6,9,12,16-17,20H,4-5,7-8,10-11H2,1H3;1H. The molecule has 1 amide bonds. The SMILES string of the molecule is CC(=O)N(c1nc(CN2CCNCC2c2cccnc2)cs1)C1CC1.Cl. The molecule has 6 nitrogen and oxygen atoms in total. The smallest absolute Gasteiger partial charge is 0.225 e. The van der Waals surface area contributed by atoms with E-state index in [1.807, 2.05) is 23.4 Å². The van der Waals surface area contributed by atoms with Gasteiger partial charge in [-0.05, 0) is 24.5 Å². The summed E-state index contributed by atoms with van der Waals surface area (Å²) in [6.45, 7) is 5.31. The van der Waals surface area contributed by atoms with Crippen molar-refractivity contribution in [1.29, 1.82) is 0 Å². The number of nitrogens with one attached hydrogen (secondary N) is 1. The number of rotatable bonds is 5. The fourth-order valence-corrected chi connectivity index (χ4v) is 4.34. The highest BCUT2D eigenvalue weighted by Gasteiger charge is 2.34. The molecule has 8 heteroatoms. The van der Waals surface area contributed by atoms with Gasteiger partial charge in [-0.15, -0.1) is 23.7 Å². The van der Waals surface area contributed by atoms with E-state index in [2.05, 4.69) is 26.6 Å². The van der Waals surface area contributed by atoms with E-state index in [1.165, 1.54) is 5.56 Å². The van der Waals surface area contributed by atoms with Gasteiger partial charge >= 0.3 is 0 Å². The molecule has 0 bridgehead atoms. The van der Waals surface area contributed by atoms with E-state index < -0.39 is 0 Å². The van der Waals surface area contributed by atoms with E-state index in [9.17, 15) is 4.79 Å². The fraction of sp³-hybridized carbons (Fsp3) is 0.500. The van der Waals surface area contributed by atoms with Crippen molar-refractivity contribution in [3.8, 4) is 0 Å². The lowest BCUT2D eigenvalue weighted by Gasteiger charge is -2.35. The first-order valence-electron chi connectivity index (χ1n) is 8.81. The highest BCUT2D eigenvalue weighted by Crippen LogP contribution is 2.34. The Labute approximate surface area is 164 Å². The molecule has 2 aromatic rings. The molecule has 1 atom stereocenters. The van der Waals surface area contributed by atoms with Crippen LogP contribution in [-0.4, -0.2) is 46.5 Å². The Kier molecular flexibility index (Phi) is 6.24. The molecule has 4 rings (SSSR count). The normalized spacial score (nSPS) is 20.4. The monoisotopic (exact) mass is 393 g/mol. The van der Waals surface area contributed by atoms with E-state index in [0.717, 1.165) is 49.8 Å². The van der Waals surface area contributed by atoms with Crippen molar-refractivity contribution in [1.82, 2.24) is 20.2 Å². The van der Waals surface area contributed by atoms with E-state index >= 15 is 0 Å². The van der Waals surface area contributed by atoms with Crippen LogP contribution in [0.5, 0.6) is 0 Å². The first kappa shape index (κ1) is 19.2. The molecule has 2 aliphatic rings. The number of carbonyl (C=O) groups excluding carboxylic acids is 1. The van der Waals surface area contributed by atoms with Gasteiger partial charge in [0.25, 0.3) is 0 Å². The maximum atomic E-state index is 11.9. The van der Waals surface area contributed by atoms with Crippen LogP contribution in [-0.2, 0) is 11.3 Å². The van der Waals surface area contributed by atoms with Crippen LogP contribution in [0.2, 0.25) is 0 Å². The van der Waals surface area contributed by atoms with Crippen LogP contribution in [0.4, 0.5) is 5.13 Å². The van der Waals surface area contributed by atoms with Gasteiger partial charge in [0, 0.05) is 63.0 Å². The number of thiazole rings is 1. The molecule has 1 saturated carbocycles. The van der Waals surface area contributed by atoms with Crippen molar-refractivity contribution in [3.05, 3.63) is 41.2 Å². The lowest BCUT2D eigenvalue weighted by molar-refractivity contribution is -0.116. The second kappa shape index (κ2) is 8.43. The molecule has 1 N–H and O–H groups in total. The quantitative estimate of drug-likeness (QED) is 0.846. The lowest BCUT2D eigenvalue weighted by atomic mass is 10.1. The minimum Gasteiger partial charge on any atom is -0.314 e. The van der Waals surface area contributed by atoms with Crippen molar-refractivity contribution in [2.75, 3.05) is 24.5 Å². The van der Waals surface area contributed by atoms with Crippen LogP contribution in [0.3, 0.4) is 0 Å². The van der Waals surface area contributed by atoms with Crippen molar-refractivity contribution >= 4 is 34.8 Å². The first-order chi connectivity index (χ1) is 12.2. The molecule has 2 fully saturated rings. The average molecular weight is 394 g/mol. The Hall–Kier alpha value is -1.54. The Balaban J connectivity index is 0.00000196. The third-order valence-corrected chi connectivity index (χ3v) is 5.67. The minimum absolute atomic E-state index is 0. The van der Waals surface area contributed by atoms with Gasteiger partial charge in [-0.3, -0.25) is 19.6 Å². The predicted octanol–water partition coefficient (Wildman–Crippen LogP) is 2.62. The minimum atomic E-state index is 0. The van der Waals surface area contributed by atoms with Gasteiger partial charge in [0.05, 0.1) is 5.69 Å². The summed E-state index contributed by atoms with van der Waals surface area (Å²) in [5, 5.41) is 6.41. The van der Waals surface area contributed by atoms with E-state index in [1.54, 1.807) is 18.3 Å². The summed E-state index contributed by atoms with van der Waals surface area (Å²) in [4.78, 5) is 25.3. The average Bonchev–Trinajstić information content (AvgIpc) is 3.35. The van der Waals surface area contributed by atoms with E-state index in [-0.39, 0.29) is 18.3 Å². The molecule has 0 radical (unpaired) electrons. The second-order valence-corrected chi connectivity index (χ2v) is 7.55. The summed E-state index contributed by atoms with van der Waals surface area (Å²) in [6.07, 6.45) is 5.94. The molecule has 3 heterocycles. The molecule has 1 aliphatic carbocycles. The highest BCUT2D eigenvalue weighted by atomic mass is 35.5. The fourth-order valence-electron chi connectivity index (χ4n) is 3.41. The third kappa shape index (κ3) is 4.23. The van der Waals surface area contributed by atoms with Gasteiger partial charge in [-0.2, -0.15) is 0 Å². The number of halogens is 1. The topological polar surface area (TPSA) is 61.4 Å². The van der Waals surface area contributed by atoms with Crippen LogP contribution >= 0.6 is 23.7 Å². The maximum absolute atomic E-state index is 11.9. The van der Waals surface area contributed by atoms with Gasteiger partial charge in [0.2, 0.25) is 5.91 Å². The van der Waals surface area contributed by atoms with Crippen LogP contribution in [0.1, 0.15) is 37.1 Å². The molecule has 0 spiro atoms. The Morgan fingerprint density at radius 1 is 1.46 bits per heavy atom. The summed E-state index contributed by atoms with van der Waals surface area (Å²) >= 11 is 1.58. The number of aromatic nitrogens is 2. The zero-order valence-corrected chi connectivity index (χ0v) is 16.4. The molecule has 0 aromatic carbocycles. The third-order valence-electron chi connectivity index (χ3n) is 4.79. The van der Waals surface area contributed by atoms with Crippen LogP contribution in [0.25, 0.3) is 0 Å². The van der Waals surface area contributed by atoms with Crippen LogP contribution in [0.15, 0.2) is 29.9 Å². The van der Waals surface area contributed by atoms with Crippen molar-refractivity contribution in [2.45, 2.75) is 38.4 Å². The molecule has 26 heavy (non-hydrogen) atoms. The second-order valence-electron chi connectivity index (χ2n) is 6.72. The van der Waals surface area contributed by atoms with E-state index in [0.29, 0.717) is 12.1 Å². The first-order valence-corrected chi connectivity index (χ1v) is 9.69. The van der Waals surface area contributed by atoms with Gasteiger partial charge in [-0.1, -0.05) is 6.07 Å². The summed E-state index contributed by atoms with van der Waals surface area (Å²) < 4.78 is 0. The number of nitrogens with zero attached hydrogens (tertiary/aromatic N) is 4. The summed E-state index contributed by atoms with van der Waals surface area (Å²) in [5.74, 6) is 0.0961. The molecular weight excluding hydrogens is 370 g/mol. The molecular formula is C18H24ClN5OS. The summed E-state index contributed by atoms with van der Waals surface area (Å²) in [5.41, 5.74) is 2.27. The zero-order valence-electron chi connectivity index (χ0n) is 14.8. The highest BCUT2D eigenvalue weighted by molar-refractivity contribution is 7.14. The number of carbonyl (C=O) groups is 1. The predicted molar refractivity (Wildman–Crippen MR) is 106 cm³/mol. The van der Waals surface area contributed by atoms with Crippen LogP contribution < -0.4 is 10.2 Å². The van der Waals surface area contributed by atoms with Crippen LogP contribution in [0, 0.1) is 0 Å².